The number of anilines is 2. The predicted molar refractivity (Wildman–Crippen MR) is 156 cm³/mol. The van der Waals surface area contributed by atoms with Crippen LogP contribution in [0, 0.1) is 0 Å². The number of nitrogens with one attached hydrogen (secondary N) is 1. The maximum Gasteiger partial charge on any atom is 0.303 e. The van der Waals surface area contributed by atoms with E-state index in [4.69, 9.17) is 5.11 Å². The van der Waals surface area contributed by atoms with Crippen molar-refractivity contribution in [3.63, 3.8) is 0 Å². The molecule has 9 nitrogen and oxygen atoms in total. The largest absolute Gasteiger partial charge is 0.481 e. The Hall–Kier alpha value is -3.24. The van der Waals surface area contributed by atoms with Gasteiger partial charge in [0.05, 0.1) is 24.1 Å². The molecule has 40 heavy (non-hydrogen) atoms. The lowest BCUT2D eigenvalue weighted by Crippen LogP contribution is -2.37. The average Bonchev–Trinajstić information content (AvgIpc) is 3.25. The molecule has 0 fully saturated rings. The predicted octanol–water partition coefficient (Wildman–Crippen LogP) is 4.60. The number of nitrogens with zero attached hydrogens (tertiary/aromatic N) is 3. The third kappa shape index (κ3) is 6.39. The number of pyridine rings is 2. The van der Waals surface area contributed by atoms with E-state index in [2.05, 4.69) is 90.1 Å². The van der Waals surface area contributed by atoms with Crippen molar-refractivity contribution < 1.29 is 27.4 Å². The molecule has 0 saturated carbocycles. The Labute approximate surface area is 237 Å². The molecule has 1 atom stereocenters. The van der Waals surface area contributed by atoms with Gasteiger partial charge in [-0.05, 0) is 56.0 Å². The van der Waals surface area contributed by atoms with Crippen LogP contribution in [0.15, 0.2) is 60.6 Å². The van der Waals surface area contributed by atoms with Crippen molar-refractivity contribution in [3.05, 3.63) is 71.7 Å². The van der Waals surface area contributed by atoms with Gasteiger partial charge in [-0.1, -0.05) is 39.8 Å². The van der Waals surface area contributed by atoms with E-state index in [0.717, 1.165) is 42.3 Å². The summed E-state index contributed by atoms with van der Waals surface area (Å²) >= 11 is 0. The monoisotopic (exact) mass is 569 g/mol. The molecule has 4 rings (SSSR count). The molecule has 2 aliphatic rings. The third-order valence-electron chi connectivity index (χ3n) is 8.11. The zero-order valence-corrected chi connectivity index (χ0v) is 24.6. The van der Waals surface area contributed by atoms with Crippen LogP contribution < -0.4 is 14.8 Å². The van der Waals surface area contributed by atoms with Gasteiger partial charge in [-0.25, -0.2) is 9.55 Å². The number of aryl methyl sites for hydroxylation is 1. The Bertz CT molecular complexity index is 1410. The second kappa shape index (κ2) is 11.7. The van der Waals surface area contributed by atoms with E-state index in [1.807, 2.05) is 6.07 Å². The fourth-order valence-corrected chi connectivity index (χ4v) is 6.31. The molecule has 0 radical (unpaired) electrons. The summed E-state index contributed by atoms with van der Waals surface area (Å²) in [7, 11) is -4.04. The molecule has 216 valence electrons. The molecule has 0 amide bonds. The Morgan fingerprint density at radius 2 is 1.88 bits per heavy atom. The second-order valence-corrected chi connectivity index (χ2v) is 13.3. The molecule has 10 heteroatoms. The topological polar surface area (TPSA) is 124 Å². The number of aliphatic carboxylic acids is 1. The van der Waals surface area contributed by atoms with Crippen molar-refractivity contribution in [2.75, 3.05) is 22.5 Å². The molecule has 2 aromatic rings. The highest BCUT2D eigenvalue weighted by molar-refractivity contribution is 7.85. The lowest BCUT2D eigenvalue weighted by atomic mass is 9.81. The van der Waals surface area contributed by atoms with Crippen LogP contribution in [-0.4, -0.2) is 47.4 Å². The SMILES string of the molecule is CC1(C)/C(=C/C=C/C2Nc3c(ccc[n+]3CCCCCC(=O)O)C2(C)C)N(CCCS(=O)(=O)O)c2ncccc21. The van der Waals surface area contributed by atoms with Crippen molar-refractivity contribution in [2.45, 2.75) is 83.2 Å². The minimum Gasteiger partial charge on any atom is -0.481 e. The number of carboxylic acid groups (broad SMARTS) is 1. The number of hydrogen-bond donors (Lipinski definition) is 3. The van der Waals surface area contributed by atoms with Crippen molar-refractivity contribution in [1.29, 1.82) is 0 Å². The Morgan fingerprint density at radius 1 is 1.12 bits per heavy atom. The number of unbranched alkanes of at least 4 members (excludes halogenated alkanes) is 2. The van der Waals surface area contributed by atoms with Gasteiger partial charge in [-0.3, -0.25) is 14.7 Å². The molecule has 1 unspecified atom stereocenters. The van der Waals surface area contributed by atoms with E-state index in [9.17, 15) is 17.8 Å². The molecule has 0 aromatic carbocycles. The lowest BCUT2D eigenvalue weighted by molar-refractivity contribution is -0.683. The summed E-state index contributed by atoms with van der Waals surface area (Å²) in [5.41, 5.74) is 2.88. The Kier molecular flexibility index (Phi) is 8.70. The summed E-state index contributed by atoms with van der Waals surface area (Å²) in [5, 5.41) is 12.6. The molecule has 0 saturated heterocycles. The van der Waals surface area contributed by atoms with Gasteiger partial charge in [0.25, 0.3) is 15.9 Å². The Morgan fingerprint density at radius 3 is 2.60 bits per heavy atom. The quantitative estimate of drug-likeness (QED) is 0.193. The minimum atomic E-state index is -4.04. The van der Waals surface area contributed by atoms with Crippen LogP contribution in [0.4, 0.5) is 11.6 Å². The highest BCUT2D eigenvalue weighted by Crippen LogP contribution is 2.46. The standard InChI is InChI=1S/C30H40N4O5S/c1-29(2)23-13-10-19-33(18-7-5-6-16-26(35)36)28(23)32-24(29)14-8-15-25-30(3,4)22-12-9-17-31-27(22)34(25)20-11-21-40(37,38)39/h8-10,12-15,17,19,24H,5-7,11,16,18,20-21H2,1-4H3,(H2,35,36,37,38,39)/p+1/b14-8+,25-15-. The first kappa shape index (κ1) is 29.7. The number of allylic oxidation sites excluding steroid dienone is 3. The van der Waals surface area contributed by atoms with Crippen LogP contribution in [0.2, 0.25) is 0 Å². The molecule has 0 aliphatic carbocycles. The molecular formula is C30H41N4O5S+. The molecule has 2 aromatic heterocycles. The van der Waals surface area contributed by atoms with Crippen LogP contribution in [0.25, 0.3) is 0 Å². The molecular weight excluding hydrogens is 528 g/mol. The van der Waals surface area contributed by atoms with Crippen molar-refractivity contribution >= 4 is 27.7 Å². The number of rotatable bonds is 12. The van der Waals surface area contributed by atoms with Crippen LogP contribution in [0.5, 0.6) is 0 Å². The molecule has 3 N–H and O–H groups in total. The van der Waals surface area contributed by atoms with E-state index >= 15 is 0 Å². The van der Waals surface area contributed by atoms with E-state index in [-0.39, 0.29) is 35.5 Å². The van der Waals surface area contributed by atoms with Gasteiger partial charge in [-0.15, -0.1) is 0 Å². The number of carbonyl (C=O) groups is 1. The van der Waals surface area contributed by atoms with Gasteiger partial charge in [-0.2, -0.15) is 8.42 Å². The van der Waals surface area contributed by atoms with Crippen molar-refractivity contribution in [1.82, 2.24) is 4.98 Å². The minimum absolute atomic E-state index is 0.0537. The number of fused-ring (bicyclic) bond motifs is 2. The summed E-state index contributed by atoms with van der Waals surface area (Å²) in [5.74, 6) is 0.868. The first-order chi connectivity index (χ1) is 18.8. The van der Waals surface area contributed by atoms with Gasteiger partial charge >= 0.3 is 5.97 Å². The Balaban J connectivity index is 1.53. The van der Waals surface area contributed by atoms with Gasteiger partial charge in [0.1, 0.15) is 11.9 Å². The van der Waals surface area contributed by atoms with E-state index in [1.54, 1.807) is 6.20 Å². The zero-order chi connectivity index (χ0) is 29.1. The maximum absolute atomic E-state index is 11.3. The fraction of sp³-hybridized carbons (Fsp3) is 0.500. The van der Waals surface area contributed by atoms with Crippen LogP contribution in [0.3, 0.4) is 0 Å². The van der Waals surface area contributed by atoms with Gasteiger partial charge in [0.2, 0.25) is 0 Å². The fourth-order valence-electron chi connectivity index (χ4n) is 5.81. The van der Waals surface area contributed by atoms with E-state index < -0.39 is 16.1 Å². The smallest absolute Gasteiger partial charge is 0.303 e. The summed E-state index contributed by atoms with van der Waals surface area (Å²) in [4.78, 5) is 17.5. The number of aromatic nitrogens is 2. The second-order valence-electron chi connectivity index (χ2n) is 11.7. The average molecular weight is 570 g/mol. The zero-order valence-electron chi connectivity index (χ0n) is 23.8. The highest BCUT2D eigenvalue weighted by Gasteiger charge is 2.45. The highest BCUT2D eigenvalue weighted by atomic mass is 32.2. The first-order valence-corrected chi connectivity index (χ1v) is 15.5. The van der Waals surface area contributed by atoms with Gasteiger partial charge < -0.3 is 10.0 Å². The third-order valence-corrected chi connectivity index (χ3v) is 8.92. The molecule has 0 spiro atoms. The van der Waals surface area contributed by atoms with Crippen molar-refractivity contribution in [2.24, 2.45) is 0 Å². The first-order valence-electron chi connectivity index (χ1n) is 13.9. The van der Waals surface area contributed by atoms with Crippen LogP contribution in [0.1, 0.15) is 70.9 Å². The van der Waals surface area contributed by atoms with E-state index in [0.29, 0.717) is 13.0 Å². The van der Waals surface area contributed by atoms with Crippen LogP contribution in [-0.2, 0) is 32.3 Å². The van der Waals surface area contributed by atoms with E-state index in [1.165, 1.54) is 5.56 Å². The normalized spacial score (nSPS) is 20.1. The molecule has 4 heterocycles. The summed E-state index contributed by atoms with van der Waals surface area (Å²) < 4.78 is 34.1. The summed E-state index contributed by atoms with van der Waals surface area (Å²) in [6, 6.07) is 8.26. The van der Waals surface area contributed by atoms with Crippen LogP contribution >= 0.6 is 0 Å². The van der Waals surface area contributed by atoms with Gasteiger partial charge in [0, 0.05) is 41.3 Å². The summed E-state index contributed by atoms with van der Waals surface area (Å²) in [6.45, 7) is 9.99. The summed E-state index contributed by atoms with van der Waals surface area (Å²) in [6.07, 6.45) is 13.1. The number of hydrogen-bond acceptors (Lipinski definition) is 6. The van der Waals surface area contributed by atoms with Gasteiger partial charge in [0.15, 0.2) is 0 Å². The molecule has 2 aliphatic heterocycles. The van der Waals surface area contributed by atoms with Crippen molar-refractivity contribution in [3.8, 4) is 0 Å². The lowest BCUT2D eigenvalue weighted by Gasteiger charge is -2.26. The number of carboxylic acids is 1. The molecule has 0 bridgehead atoms. The maximum atomic E-state index is 11.3.